The number of methoxy groups -OCH3 is 2. The second kappa shape index (κ2) is 24.3. The first-order valence-corrected chi connectivity index (χ1v) is 35.1. The molecule has 6 aliphatic rings. The van der Waals surface area contributed by atoms with E-state index in [1.807, 2.05) is 52.3 Å². The van der Waals surface area contributed by atoms with Crippen molar-refractivity contribution in [2.45, 2.75) is 207 Å². The summed E-state index contributed by atoms with van der Waals surface area (Å²) in [5.74, 6) is 4.60. The van der Waals surface area contributed by atoms with Crippen molar-refractivity contribution >= 4 is 54.8 Å². The molecule has 4 bridgehead atoms. The number of aryl methyl sites for hydroxylation is 7. The van der Waals surface area contributed by atoms with Crippen LogP contribution in [0.4, 0.5) is 23.0 Å². The topological polar surface area (TPSA) is 164 Å². The largest absolute Gasteiger partial charge is 0.381 e. The Morgan fingerprint density at radius 3 is 1.47 bits per heavy atom. The van der Waals surface area contributed by atoms with E-state index in [1.165, 1.54) is 72.9 Å². The molecule has 4 aromatic heterocycles. The highest BCUT2D eigenvalue weighted by atomic mass is 32.2. The minimum atomic E-state index is -3.93. The zero-order valence-corrected chi connectivity index (χ0v) is 56.9. The predicted octanol–water partition coefficient (Wildman–Crippen LogP) is 14.6. The number of fused-ring (bicyclic) bond motifs is 8. The van der Waals surface area contributed by atoms with Gasteiger partial charge in [0, 0.05) is 128 Å². The Morgan fingerprint density at radius 2 is 1.00 bits per heavy atom. The third kappa shape index (κ3) is 10.9. The molecule has 10 heterocycles. The van der Waals surface area contributed by atoms with Gasteiger partial charge in [-0.15, -0.1) is 0 Å². The van der Waals surface area contributed by atoms with E-state index in [4.69, 9.17) is 29.4 Å². The van der Waals surface area contributed by atoms with E-state index in [0.29, 0.717) is 59.1 Å². The smallest absolute Gasteiger partial charge is 0.283 e. The monoisotopic (exact) mass is 1250 g/mol. The second-order valence-electron chi connectivity index (χ2n) is 28.0. The van der Waals surface area contributed by atoms with Gasteiger partial charge in [0.2, 0.25) is 0 Å². The van der Waals surface area contributed by atoms with Crippen molar-refractivity contribution in [3.63, 3.8) is 0 Å². The summed E-state index contributed by atoms with van der Waals surface area (Å²) in [6, 6.07) is 30.5. The Morgan fingerprint density at radius 1 is 0.543 bits per heavy atom. The van der Waals surface area contributed by atoms with Crippen molar-refractivity contribution in [3.8, 4) is 22.8 Å². The van der Waals surface area contributed by atoms with Gasteiger partial charge in [-0.3, -0.25) is 5.10 Å². The summed E-state index contributed by atoms with van der Waals surface area (Å²) in [6.45, 7) is 27.0. The number of hydrogen-bond donors (Lipinski definition) is 1. The molecule has 0 amide bonds. The maximum atomic E-state index is 14.0. The summed E-state index contributed by atoms with van der Waals surface area (Å²) in [5, 5.41) is 14.3. The number of anilines is 4. The van der Waals surface area contributed by atoms with Crippen LogP contribution in [0.2, 0.25) is 0 Å². The maximum absolute atomic E-state index is 14.0. The standard InChI is InChI=1S/C41H48N6O3S.C34H42N6O/c1-24(2)29-12-10-26(4)37(20-29)45-19-18-35-34(23-45)41(46-30-13-14-31(46)22-32(21-30)50-7)43-40(42-35)38-27(5)11-17-36-39(38)28(6)44-47(36)51(48,49)33-15-8-25(3)9-16-33;1-19(2)23-9-7-20(3)30(15-23)39-14-13-28-27(18-39)34(40-24-10-11-25(40)17-26(16-24)41-6)36-33(35-28)31-21(4)8-12-29-32(31)22(5)37-38-29/h8-12,15-17,20,24,30-32H,13-14,18-19,21-23H2,1-7H3;7-9,12,15,19,24-26H,10-11,13-14,16-18H2,1-6H3,(H,37,38)/t30-,31+,32?;24-,25+,26?. The fraction of sp³-hybridized carbons (Fsp3) is 0.467. The van der Waals surface area contributed by atoms with E-state index < -0.39 is 10.0 Å². The fourth-order valence-electron chi connectivity index (χ4n) is 16.2. The molecular formula is C75H90N12O4S. The highest BCUT2D eigenvalue weighted by molar-refractivity contribution is 7.90. The number of aromatic nitrogens is 8. The van der Waals surface area contributed by atoms with Crippen LogP contribution in [0.3, 0.4) is 0 Å². The molecule has 16 nitrogen and oxygen atoms in total. The number of benzene rings is 5. The van der Waals surface area contributed by atoms with Gasteiger partial charge in [-0.25, -0.2) is 19.9 Å². The first-order valence-electron chi connectivity index (χ1n) is 33.7. The van der Waals surface area contributed by atoms with Crippen LogP contribution in [0.25, 0.3) is 44.6 Å². The summed E-state index contributed by atoms with van der Waals surface area (Å²) in [6.07, 6.45) is 11.0. The highest BCUT2D eigenvalue weighted by Gasteiger charge is 2.46. The second-order valence-corrected chi connectivity index (χ2v) is 29.7. The van der Waals surface area contributed by atoms with Crippen molar-refractivity contribution < 1.29 is 17.9 Å². The Balaban J connectivity index is 0.000000164. The SMILES string of the molecule is COC1C[C@H]2CC[C@@H](C1)N2c1nc(-c2c(C)ccc3c2c(C)nn3S(=O)(=O)c2ccc(C)cc2)nc2c1CN(c1cc(C(C)C)ccc1C)CC2.COC1C[C@H]2CC[C@@H](C1)N2c1nc(-c2c(C)ccc3n[nH]c(C)c23)nc2c1CN(c1cc(C(C)C)ccc1C)CC2. The third-order valence-electron chi connectivity index (χ3n) is 21.4. The summed E-state index contributed by atoms with van der Waals surface area (Å²) in [5.41, 5.74) is 21.1. The van der Waals surface area contributed by atoms with Crippen LogP contribution in [-0.4, -0.2) is 111 Å². The van der Waals surface area contributed by atoms with Gasteiger partial charge in [0.05, 0.1) is 45.2 Å². The van der Waals surface area contributed by atoms with E-state index in [0.717, 1.165) is 145 Å². The summed E-state index contributed by atoms with van der Waals surface area (Å²) in [4.78, 5) is 32.3. The molecule has 0 saturated carbocycles. The zero-order valence-electron chi connectivity index (χ0n) is 56.1. The van der Waals surface area contributed by atoms with Crippen LogP contribution in [0.1, 0.15) is 164 Å². The van der Waals surface area contributed by atoms with Crippen LogP contribution in [0, 0.1) is 48.5 Å². The van der Waals surface area contributed by atoms with Gasteiger partial charge in [0.1, 0.15) is 11.6 Å². The highest BCUT2D eigenvalue weighted by Crippen LogP contribution is 2.47. The van der Waals surface area contributed by atoms with Gasteiger partial charge in [0.25, 0.3) is 10.0 Å². The molecule has 1 N–H and O–H groups in total. The number of H-pyrrole nitrogens is 1. The van der Waals surface area contributed by atoms with E-state index in [1.54, 1.807) is 12.1 Å². The van der Waals surface area contributed by atoms with Gasteiger partial charge in [0.15, 0.2) is 11.6 Å². The molecule has 9 aromatic rings. The normalized spacial score (nSPS) is 21.2. The number of nitrogens with zero attached hydrogens (tertiary/aromatic N) is 11. The summed E-state index contributed by atoms with van der Waals surface area (Å²) in [7, 11) is -0.231. The van der Waals surface area contributed by atoms with Gasteiger partial charge in [-0.2, -0.15) is 22.7 Å². The molecule has 4 fully saturated rings. The third-order valence-corrected chi connectivity index (χ3v) is 23.0. The molecule has 6 atom stereocenters. The number of rotatable bonds is 12. The number of piperidine rings is 2. The molecule has 15 rings (SSSR count). The van der Waals surface area contributed by atoms with Crippen LogP contribution < -0.4 is 19.6 Å². The molecular weight excluding hydrogens is 1160 g/mol. The Kier molecular flexibility index (Phi) is 16.3. The van der Waals surface area contributed by atoms with Crippen molar-refractivity contribution in [2.75, 3.05) is 46.9 Å². The quantitative estimate of drug-likeness (QED) is 0.123. The molecule has 5 aromatic carbocycles. The number of hydrogen-bond acceptors (Lipinski definition) is 14. The lowest BCUT2D eigenvalue weighted by Crippen LogP contribution is -2.47. The summed E-state index contributed by atoms with van der Waals surface area (Å²) < 4.78 is 40.9. The molecule has 4 saturated heterocycles. The fourth-order valence-corrected chi connectivity index (χ4v) is 17.6. The first-order chi connectivity index (χ1) is 44.3. The van der Waals surface area contributed by atoms with Crippen LogP contribution in [0.5, 0.6) is 0 Å². The minimum Gasteiger partial charge on any atom is -0.381 e. The van der Waals surface area contributed by atoms with Gasteiger partial charge < -0.3 is 29.1 Å². The number of aromatic amines is 1. The Bertz CT molecular complexity index is 4410. The molecule has 6 aliphatic heterocycles. The van der Waals surface area contributed by atoms with Crippen molar-refractivity contribution in [2.24, 2.45) is 0 Å². The predicted molar refractivity (Wildman–Crippen MR) is 369 cm³/mol. The van der Waals surface area contributed by atoms with Crippen LogP contribution in [0.15, 0.2) is 89.8 Å². The Hall–Kier alpha value is -7.73. The molecule has 0 aliphatic carbocycles. The lowest BCUT2D eigenvalue weighted by Gasteiger charge is -2.42. The molecule has 0 radical (unpaired) electrons. The lowest BCUT2D eigenvalue weighted by atomic mass is 9.95. The van der Waals surface area contributed by atoms with Crippen molar-refractivity contribution in [1.29, 1.82) is 0 Å². The van der Waals surface area contributed by atoms with Gasteiger partial charge in [-0.05, 0) is 181 Å². The molecule has 480 valence electrons. The molecule has 2 unspecified atom stereocenters. The zero-order chi connectivity index (χ0) is 64.2. The molecule has 92 heavy (non-hydrogen) atoms. The molecule has 0 spiro atoms. The minimum absolute atomic E-state index is 0.209. The first kappa shape index (κ1) is 61.8. The van der Waals surface area contributed by atoms with Crippen molar-refractivity contribution in [3.05, 3.63) is 158 Å². The van der Waals surface area contributed by atoms with E-state index in [9.17, 15) is 8.42 Å². The van der Waals surface area contributed by atoms with Gasteiger partial charge >= 0.3 is 0 Å². The average Bonchev–Trinajstić information content (AvgIpc) is 1.21. The van der Waals surface area contributed by atoms with E-state index in [2.05, 4.69) is 146 Å². The van der Waals surface area contributed by atoms with E-state index in [-0.39, 0.29) is 11.0 Å². The average molecular weight is 1260 g/mol. The van der Waals surface area contributed by atoms with Gasteiger partial charge in [-0.1, -0.05) is 81.8 Å². The Labute approximate surface area is 543 Å². The van der Waals surface area contributed by atoms with Crippen LogP contribution in [-0.2, 0) is 45.4 Å². The number of ether oxygens (including phenoxy) is 2. The summed E-state index contributed by atoms with van der Waals surface area (Å²) >= 11 is 0. The lowest BCUT2D eigenvalue weighted by molar-refractivity contribution is 0.0680. The maximum Gasteiger partial charge on any atom is 0.283 e. The number of nitrogens with one attached hydrogen (secondary N) is 1. The van der Waals surface area contributed by atoms with Crippen LogP contribution >= 0.6 is 0 Å². The molecule has 17 heteroatoms. The van der Waals surface area contributed by atoms with Crippen molar-refractivity contribution in [1.82, 2.24) is 39.3 Å². The van der Waals surface area contributed by atoms with E-state index >= 15 is 0 Å².